The van der Waals surface area contributed by atoms with E-state index in [0.717, 1.165) is 5.52 Å². The van der Waals surface area contributed by atoms with E-state index >= 15 is 0 Å². The Morgan fingerprint density at radius 3 is 2.64 bits per heavy atom. The van der Waals surface area contributed by atoms with Gasteiger partial charge in [0.15, 0.2) is 0 Å². The largest absolute Gasteiger partial charge is 0.393 e. The van der Waals surface area contributed by atoms with Crippen LogP contribution < -0.4 is 0 Å². The first-order valence-corrected chi connectivity index (χ1v) is 4.18. The first-order valence-electron chi connectivity index (χ1n) is 4.18. The number of fused-ring (bicyclic) bond motifs is 1. The van der Waals surface area contributed by atoms with Crippen LogP contribution in [-0.2, 0) is 6.42 Å². The number of rotatable bonds is 1. The summed E-state index contributed by atoms with van der Waals surface area (Å²) in [4.78, 5) is 2.88. The molecule has 1 heterocycles. The molecule has 0 spiro atoms. The SMILES string of the molecule is FC(F)(F)Cc1cccc2[nH]ccc12. The molecule has 1 N–H and O–H groups in total. The second-order valence-electron chi connectivity index (χ2n) is 3.15. The van der Waals surface area contributed by atoms with E-state index in [1.807, 2.05) is 0 Å². The van der Waals surface area contributed by atoms with Crippen LogP contribution in [0.4, 0.5) is 13.2 Å². The number of halogens is 3. The molecule has 0 unspecified atom stereocenters. The Labute approximate surface area is 78.5 Å². The third-order valence-electron chi connectivity index (χ3n) is 2.08. The average molecular weight is 199 g/mol. The van der Waals surface area contributed by atoms with E-state index in [-0.39, 0.29) is 0 Å². The van der Waals surface area contributed by atoms with Gasteiger partial charge >= 0.3 is 6.18 Å². The summed E-state index contributed by atoms with van der Waals surface area (Å²) >= 11 is 0. The molecule has 1 aromatic heterocycles. The van der Waals surface area contributed by atoms with Gasteiger partial charge in [0.1, 0.15) is 0 Å². The highest BCUT2D eigenvalue weighted by Gasteiger charge is 2.28. The Balaban J connectivity index is 2.46. The van der Waals surface area contributed by atoms with Crippen LogP contribution in [0.15, 0.2) is 30.5 Å². The smallest absolute Gasteiger partial charge is 0.361 e. The van der Waals surface area contributed by atoms with Crippen LogP contribution in [0.5, 0.6) is 0 Å². The second-order valence-corrected chi connectivity index (χ2v) is 3.15. The lowest BCUT2D eigenvalue weighted by Crippen LogP contribution is -2.11. The fourth-order valence-corrected chi connectivity index (χ4v) is 1.52. The minimum Gasteiger partial charge on any atom is -0.361 e. The van der Waals surface area contributed by atoms with Crippen molar-refractivity contribution in [1.82, 2.24) is 4.98 Å². The van der Waals surface area contributed by atoms with Gasteiger partial charge in [0, 0.05) is 17.1 Å². The highest BCUT2D eigenvalue weighted by molar-refractivity contribution is 5.82. The zero-order chi connectivity index (χ0) is 10.2. The molecule has 0 saturated heterocycles. The van der Waals surface area contributed by atoms with E-state index in [0.29, 0.717) is 10.9 Å². The molecule has 0 aliphatic carbocycles. The van der Waals surface area contributed by atoms with Crippen molar-refractivity contribution < 1.29 is 13.2 Å². The standard InChI is InChI=1S/C10H8F3N/c11-10(12,13)6-7-2-1-3-9-8(7)4-5-14-9/h1-5,14H,6H2. The van der Waals surface area contributed by atoms with Gasteiger partial charge in [-0.3, -0.25) is 0 Å². The normalized spacial score (nSPS) is 12.2. The summed E-state index contributed by atoms with van der Waals surface area (Å²) in [6.45, 7) is 0. The van der Waals surface area contributed by atoms with E-state index < -0.39 is 12.6 Å². The molecular formula is C10H8F3N. The van der Waals surface area contributed by atoms with Crippen LogP contribution in [-0.4, -0.2) is 11.2 Å². The molecule has 0 aliphatic rings. The average Bonchev–Trinajstić information content (AvgIpc) is 2.49. The summed E-state index contributed by atoms with van der Waals surface area (Å²) < 4.78 is 36.5. The summed E-state index contributed by atoms with van der Waals surface area (Å²) in [7, 11) is 0. The molecule has 4 heteroatoms. The number of alkyl halides is 3. The van der Waals surface area contributed by atoms with E-state index in [9.17, 15) is 13.2 Å². The summed E-state index contributed by atoms with van der Waals surface area (Å²) in [5, 5.41) is 0.643. The lowest BCUT2D eigenvalue weighted by Gasteiger charge is -2.06. The highest BCUT2D eigenvalue weighted by atomic mass is 19.4. The first-order chi connectivity index (χ1) is 6.56. The van der Waals surface area contributed by atoms with Gasteiger partial charge in [0.2, 0.25) is 0 Å². The molecule has 0 aliphatic heterocycles. The number of aromatic nitrogens is 1. The minimum absolute atomic E-state index is 0.316. The minimum atomic E-state index is -4.15. The van der Waals surface area contributed by atoms with Crippen molar-refractivity contribution in [3.05, 3.63) is 36.0 Å². The van der Waals surface area contributed by atoms with Gasteiger partial charge in [-0.05, 0) is 17.7 Å². The lowest BCUT2D eigenvalue weighted by atomic mass is 10.1. The van der Waals surface area contributed by atoms with Crippen molar-refractivity contribution in [2.75, 3.05) is 0 Å². The van der Waals surface area contributed by atoms with Crippen molar-refractivity contribution in [1.29, 1.82) is 0 Å². The maximum atomic E-state index is 12.2. The Morgan fingerprint density at radius 1 is 1.14 bits per heavy atom. The van der Waals surface area contributed by atoms with Crippen LogP contribution in [0.2, 0.25) is 0 Å². The van der Waals surface area contributed by atoms with Crippen molar-refractivity contribution >= 4 is 10.9 Å². The molecule has 2 rings (SSSR count). The molecule has 0 bridgehead atoms. The molecule has 0 radical (unpaired) electrons. The maximum absolute atomic E-state index is 12.2. The summed E-state index contributed by atoms with van der Waals surface area (Å²) in [6.07, 6.45) is -3.38. The third kappa shape index (κ3) is 1.73. The molecule has 0 saturated carbocycles. The first kappa shape index (κ1) is 9.12. The number of hydrogen-bond donors (Lipinski definition) is 1. The fourth-order valence-electron chi connectivity index (χ4n) is 1.52. The van der Waals surface area contributed by atoms with E-state index in [1.165, 1.54) is 6.07 Å². The van der Waals surface area contributed by atoms with Gasteiger partial charge in [-0.15, -0.1) is 0 Å². The number of H-pyrrole nitrogens is 1. The van der Waals surface area contributed by atoms with E-state index in [1.54, 1.807) is 24.4 Å². The predicted octanol–water partition coefficient (Wildman–Crippen LogP) is 3.27. The zero-order valence-electron chi connectivity index (χ0n) is 7.23. The molecule has 1 nitrogen and oxygen atoms in total. The van der Waals surface area contributed by atoms with Crippen LogP contribution in [0, 0.1) is 0 Å². The van der Waals surface area contributed by atoms with Crippen molar-refractivity contribution in [3.63, 3.8) is 0 Å². The van der Waals surface area contributed by atoms with Crippen molar-refractivity contribution in [2.45, 2.75) is 12.6 Å². The number of aromatic amines is 1. The van der Waals surface area contributed by atoms with Gasteiger partial charge in [-0.1, -0.05) is 12.1 Å². The van der Waals surface area contributed by atoms with E-state index in [4.69, 9.17) is 0 Å². The summed E-state index contributed by atoms with van der Waals surface area (Å²) in [6, 6.07) is 6.55. The number of hydrogen-bond acceptors (Lipinski definition) is 0. The molecule has 14 heavy (non-hydrogen) atoms. The molecule has 0 fully saturated rings. The van der Waals surface area contributed by atoms with Crippen LogP contribution in [0.25, 0.3) is 10.9 Å². The Hall–Kier alpha value is -1.45. The van der Waals surface area contributed by atoms with Crippen molar-refractivity contribution in [3.8, 4) is 0 Å². The molecule has 2 aromatic rings. The van der Waals surface area contributed by atoms with Crippen LogP contribution in [0.3, 0.4) is 0 Å². The lowest BCUT2D eigenvalue weighted by molar-refractivity contribution is -0.126. The Morgan fingerprint density at radius 2 is 1.93 bits per heavy atom. The maximum Gasteiger partial charge on any atom is 0.393 e. The quantitative estimate of drug-likeness (QED) is 0.725. The monoisotopic (exact) mass is 199 g/mol. The van der Waals surface area contributed by atoms with Gasteiger partial charge in [0.25, 0.3) is 0 Å². The Bertz CT molecular complexity index is 442. The van der Waals surface area contributed by atoms with Crippen LogP contribution >= 0.6 is 0 Å². The third-order valence-corrected chi connectivity index (χ3v) is 2.08. The fraction of sp³-hybridized carbons (Fsp3) is 0.200. The highest BCUT2D eigenvalue weighted by Crippen LogP contribution is 2.26. The number of benzene rings is 1. The second kappa shape index (κ2) is 3.04. The van der Waals surface area contributed by atoms with Crippen molar-refractivity contribution in [2.24, 2.45) is 0 Å². The summed E-state index contributed by atoms with van der Waals surface area (Å²) in [5.41, 5.74) is 1.06. The molecule has 1 aromatic carbocycles. The van der Waals surface area contributed by atoms with Crippen LogP contribution in [0.1, 0.15) is 5.56 Å². The van der Waals surface area contributed by atoms with Gasteiger partial charge < -0.3 is 4.98 Å². The predicted molar refractivity (Wildman–Crippen MR) is 48.1 cm³/mol. The zero-order valence-corrected chi connectivity index (χ0v) is 7.23. The Kier molecular flexibility index (Phi) is 1.98. The molecular weight excluding hydrogens is 191 g/mol. The van der Waals surface area contributed by atoms with Gasteiger partial charge in [-0.2, -0.15) is 13.2 Å². The number of nitrogens with one attached hydrogen (secondary N) is 1. The van der Waals surface area contributed by atoms with Gasteiger partial charge in [0.05, 0.1) is 6.42 Å². The molecule has 74 valence electrons. The molecule has 0 atom stereocenters. The van der Waals surface area contributed by atoms with Gasteiger partial charge in [-0.25, -0.2) is 0 Å². The topological polar surface area (TPSA) is 15.8 Å². The van der Waals surface area contributed by atoms with E-state index in [2.05, 4.69) is 4.98 Å². The summed E-state index contributed by atoms with van der Waals surface area (Å²) in [5.74, 6) is 0. The molecule has 0 amide bonds.